The molecule has 4 aromatic rings. The molecule has 1 saturated carbocycles. The summed E-state index contributed by atoms with van der Waals surface area (Å²) in [6.45, 7) is -0.250. The minimum atomic E-state index is -0.727. The third-order valence-corrected chi connectivity index (χ3v) is 5.79. The number of hydrogen-bond acceptors (Lipinski definition) is 5. The summed E-state index contributed by atoms with van der Waals surface area (Å²) in [5, 5.41) is 20.5. The van der Waals surface area contributed by atoms with Gasteiger partial charge in [0.2, 0.25) is 5.71 Å². The van der Waals surface area contributed by atoms with E-state index < -0.39 is 11.4 Å². The molecule has 7 heteroatoms. The van der Waals surface area contributed by atoms with Gasteiger partial charge in [0.05, 0.1) is 16.5 Å². The van der Waals surface area contributed by atoms with Gasteiger partial charge in [0.15, 0.2) is 5.76 Å². The first-order chi connectivity index (χ1) is 15.5. The number of anilines is 1. The van der Waals surface area contributed by atoms with E-state index >= 15 is 0 Å². The van der Waals surface area contributed by atoms with E-state index in [2.05, 4.69) is 22.4 Å². The highest BCUT2D eigenvalue weighted by Gasteiger charge is 2.51. The van der Waals surface area contributed by atoms with Crippen molar-refractivity contribution in [1.29, 1.82) is 0 Å². The van der Waals surface area contributed by atoms with Gasteiger partial charge in [-0.15, -0.1) is 0 Å². The standard InChI is InChI=1S/C24H20N2O3.CH2O2/c1-25-20-19-3-2-14-26-22(19)29-21(20)17-6-4-15(5-7-17)16-8-10-18(11-9-16)24(12-13-24)23(27)28;2-1-3/h2-11,14,25H,12-13H2,1H3,(H,27,28);1H,(H,2,3). The molecule has 7 nitrogen and oxygen atoms in total. The molecule has 2 aromatic carbocycles. The van der Waals surface area contributed by atoms with Crippen LogP contribution in [0.25, 0.3) is 33.6 Å². The van der Waals surface area contributed by atoms with E-state index in [4.69, 9.17) is 14.3 Å². The average molecular weight is 430 g/mol. The first-order valence-electron chi connectivity index (χ1n) is 10.1. The van der Waals surface area contributed by atoms with Crippen molar-refractivity contribution < 1.29 is 24.2 Å². The maximum absolute atomic E-state index is 11.5. The van der Waals surface area contributed by atoms with Crippen molar-refractivity contribution in [2.24, 2.45) is 0 Å². The topological polar surface area (TPSA) is 113 Å². The molecule has 1 aliphatic carbocycles. The molecular formula is C25H22N2O5. The number of aliphatic carboxylic acids is 1. The highest BCUT2D eigenvalue weighted by Crippen LogP contribution is 2.48. The molecule has 0 saturated heterocycles. The van der Waals surface area contributed by atoms with Crippen molar-refractivity contribution >= 4 is 29.2 Å². The Labute approximate surface area is 184 Å². The van der Waals surface area contributed by atoms with Gasteiger partial charge in [0.1, 0.15) is 0 Å². The zero-order chi connectivity index (χ0) is 22.7. The molecular weight excluding hydrogens is 408 g/mol. The van der Waals surface area contributed by atoms with Crippen LogP contribution in [0, 0.1) is 0 Å². The number of aromatic nitrogens is 1. The number of carboxylic acids is 1. The van der Waals surface area contributed by atoms with E-state index in [0.29, 0.717) is 5.71 Å². The second kappa shape index (κ2) is 8.55. The Morgan fingerprint density at radius 1 is 1.03 bits per heavy atom. The number of benzene rings is 2. The SMILES string of the molecule is CNc1c(-c2ccc(-c3ccc(C4(C(=O)O)CC4)cc3)cc2)oc2ncccc12.O=CO. The van der Waals surface area contributed by atoms with Crippen LogP contribution < -0.4 is 5.32 Å². The summed E-state index contributed by atoms with van der Waals surface area (Å²) in [5.41, 5.74) is 4.85. The fourth-order valence-electron chi connectivity index (χ4n) is 3.93. The highest BCUT2D eigenvalue weighted by atomic mass is 16.4. The lowest BCUT2D eigenvalue weighted by Crippen LogP contribution is -2.19. The maximum atomic E-state index is 11.5. The van der Waals surface area contributed by atoms with E-state index in [0.717, 1.165) is 51.9 Å². The predicted octanol–water partition coefficient (Wildman–Crippen LogP) is 5.02. The zero-order valence-corrected chi connectivity index (χ0v) is 17.4. The number of hydrogen-bond donors (Lipinski definition) is 3. The van der Waals surface area contributed by atoms with Crippen LogP contribution in [0.3, 0.4) is 0 Å². The van der Waals surface area contributed by atoms with Crippen molar-refractivity contribution in [3.05, 3.63) is 72.4 Å². The van der Waals surface area contributed by atoms with Crippen LogP contribution in [0.2, 0.25) is 0 Å². The van der Waals surface area contributed by atoms with E-state index in [1.54, 1.807) is 6.20 Å². The van der Waals surface area contributed by atoms with Gasteiger partial charge in [-0.05, 0) is 41.7 Å². The molecule has 32 heavy (non-hydrogen) atoms. The van der Waals surface area contributed by atoms with Gasteiger partial charge in [-0.1, -0.05) is 48.5 Å². The smallest absolute Gasteiger partial charge is 0.314 e. The Bertz CT molecular complexity index is 1260. The molecule has 0 radical (unpaired) electrons. The number of furan rings is 1. The van der Waals surface area contributed by atoms with Crippen LogP contribution in [0.15, 0.2) is 71.3 Å². The van der Waals surface area contributed by atoms with Gasteiger partial charge in [-0.3, -0.25) is 9.59 Å². The summed E-state index contributed by atoms with van der Waals surface area (Å²) in [4.78, 5) is 24.2. The summed E-state index contributed by atoms with van der Waals surface area (Å²) in [5.74, 6) is 0.0375. The Morgan fingerprint density at radius 3 is 2.12 bits per heavy atom. The molecule has 162 valence electrons. The molecule has 0 unspecified atom stereocenters. The lowest BCUT2D eigenvalue weighted by molar-refractivity contribution is -0.140. The molecule has 2 aromatic heterocycles. The first kappa shape index (κ1) is 21.1. The number of nitrogens with one attached hydrogen (secondary N) is 1. The lowest BCUT2D eigenvalue weighted by Gasteiger charge is -2.11. The van der Waals surface area contributed by atoms with Crippen molar-refractivity contribution in [2.45, 2.75) is 18.3 Å². The van der Waals surface area contributed by atoms with Crippen LogP contribution in [-0.2, 0) is 15.0 Å². The van der Waals surface area contributed by atoms with Gasteiger partial charge in [-0.25, -0.2) is 4.98 Å². The van der Waals surface area contributed by atoms with E-state index in [1.165, 1.54) is 0 Å². The molecule has 1 fully saturated rings. The molecule has 5 rings (SSSR count). The normalized spacial score (nSPS) is 13.7. The van der Waals surface area contributed by atoms with E-state index in [-0.39, 0.29) is 6.47 Å². The van der Waals surface area contributed by atoms with Gasteiger partial charge in [0.25, 0.3) is 6.47 Å². The maximum Gasteiger partial charge on any atom is 0.314 e. The third kappa shape index (κ3) is 3.69. The van der Waals surface area contributed by atoms with Crippen LogP contribution >= 0.6 is 0 Å². The number of rotatable bonds is 5. The highest BCUT2D eigenvalue weighted by molar-refractivity contribution is 5.97. The predicted molar refractivity (Wildman–Crippen MR) is 122 cm³/mol. The van der Waals surface area contributed by atoms with Crippen molar-refractivity contribution in [1.82, 2.24) is 4.98 Å². The average Bonchev–Trinajstić information content (AvgIpc) is 3.55. The van der Waals surface area contributed by atoms with Crippen molar-refractivity contribution in [3.8, 4) is 22.5 Å². The van der Waals surface area contributed by atoms with Crippen LogP contribution in [0.1, 0.15) is 18.4 Å². The fraction of sp³-hybridized carbons (Fsp3) is 0.160. The van der Waals surface area contributed by atoms with Gasteiger partial charge < -0.3 is 19.9 Å². The van der Waals surface area contributed by atoms with Crippen LogP contribution in [0.4, 0.5) is 5.69 Å². The Morgan fingerprint density at radius 2 is 1.59 bits per heavy atom. The number of carbonyl (C=O) groups is 2. The Kier molecular flexibility index (Phi) is 5.64. The minimum absolute atomic E-state index is 0.250. The summed E-state index contributed by atoms with van der Waals surface area (Å²) in [6.07, 6.45) is 3.16. The molecule has 0 atom stereocenters. The van der Waals surface area contributed by atoms with Gasteiger partial charge in [0, 0.05) is 18.8 Å². The molecule has 3 N–H and O–H groups in total. The van der Waals surface area contributed by atoms with Crippen LogP contribution in [-0.4, -0.2) is 34.7 Å². The van der Waals surface area contributed by atoms with Crippen LogP contribution in [0.5, 0.6) is 0 Å². The molecule has 0 spiro atoms. The summed E-state index contributed by atoms with van der Waals surface area (Å²) >= 11 is 0. The minimum Gasteiger partial charge on any atom is -0.483 e. The number of carboxylic acid groups (broad SMARTS) is 2. The second-order valence-electron chi connectivity index (χ2n) is 7.56. The van der Waals surface area contributed by atoms with E-state index in [9.17, 15) is 9.90 Å². The number of pyridine rings is 1. The third-order valence-electron chi connectivity index (χ3n) is 5.79. The van der Waals surface area contributed by atoms with Gasteiger partial charge >= 0.3 is 5.97 Å². The fourth-order valence-corrected chi connectivity index (χ4v) is 3.93. The largest absolute Gasteiger partial charge is 0.483 e. The van der Waals surface area contributed by atoms with Crippen molar-refractivity contribution in [2.75, 3.05) is 12.4 Å². The summed E-state index contributed by atoms with van der Waals surface area (Å²) in [7, 11) is 1.88. The molecule has 0 amide bonds. The second-order valence-corrected chi connectivity index (χ2v) is 7.56. The van der Waals surface area contributed by atoms with Crippen molar-refractivity contribution in [3.63, 3.8) is 0 Å². The van der Waals surface area contributed by atoms with E-state index in [1.807, 2.05) is 55.6 Å². The number of nitrogens with zero attached hydrogens (tertiary/aromatic N) is 1. The number of fused-ring (bicyclic) bond motifs is 1. The molecule has 2 heterocycles. The monoisotopic (exact) mass is 430 g/mol. The quantitative estimate of drug-likeness (QED) is 0.381. The summed E-state index contributed by atoms with van der Waals surface area (Å²) in [6, 6.07) is 19.9. The first-order valence-corrected chi connectivity index (χ1v) is 10.1. The van der Waals surface area contributed by atoms with Gasteiger partial charge in [-0.2, -0.15) is 0 Å². The molecule has 0 aliphatic heterocycles. The lowest BCUT2D eigenvalue weighted by atomic mass is 9.93. The Hall–Kier alpha value is -4.13. The Balaban J connectivity index is 0.000000775. The molecule has 0 bridgehead atoms. The molecule has 1 aliphatic rings. The zero-order valence-electron chi connectivity index (χ0n) is 17.4. The summed E-state index contributed by atoms with van der Waals surface area (Å²) < 4.78 is 5.98.